The number of aryl methyl sites for hydroxylation is 1. The Kier molecular flexibility index (Phi) is 2.42. The highest BCUT2D eigenvalue weighted by Crippen LogP contribution is 2.57. The summed E-state index contributed by atoms with van der Waals surface area (Å²) in [6.07, 6.45) is 12.8. The average Bonchev–Trinajstić information content (AvgIpc) is 2.73. The molecule has 3 heteroatoms. The van der Waals surface area contributed by atoms with Gasteiger partial charge in [-0.05, 0) is 68.1 Å². The molecule has 0 atom stereocenters. The molecular formula is C15H23N3. The minimum absolute atomic E-state index is 0.679. The molecule has 4 bridgehead atoms. The first-order valence-corrected chi connectivity index (χ1v) is 7.56. The van der Waals surface area contributed by atoms with Crippen molar-refractivity contribution in [2.45, 2.75) is 45.1 Å². The Balaban J connectivity index is 1.45. The monoisotopic (exact) mass is 245 g/mol. The second kappa shape index (κ2) is 4.01. The fourth-order valence-electron chi connectivity index (χ4n) is 5.33. The molecule has 1 aromatic rings. The fraction of sp³-hybridized carbons (Fsp3) is 0.800. The van der Waals surface area contributed by atoms with E-state index in [0.717, 1.165) is 36.1 Å². The van der Waals surface area contributed by atoms with Crippen molar-refractivity contribution in [3.05, 3.63) is 12.4 Å². The summed E-state index contributed by atoms with van der Waals surface area (Å²) in [5, 5.41) is 0. The van der Waals surface area contributed by atoms with E-state index in [1.54, 1.807) is 6.42 Å². The van der Waals surface area contributed by atoms with Crippen LogP contribution < -0.4 is 5.73 Å². The van der Waals surface area contributed by atoms with Crippen LogP contribution in [0.25, 0.3) is 0 Å². The Labute approximate surface area is 109 Å². The van der Waals surface area contributed by atoms with Crippen LogP contribution in [0.1, 0.15) is 38.5 Å². The highest BCUT2D eigenvalue weighted by Gasteiger charge is 2.47. The maximum atomic E-state index is 5.85. The van der Waals surface area contributed by atoms with Gasteiger partial charge < -0.3 is 10.3 Å². The molecule has 1 heterocycles. The molecule has 5 rings (SSSR count). The van der Waals surface area contributed by atoms with E-state index >= 15 is 0 Å². The van der Waals surface area contributed by atoms with Crippen LogP contribution in [0.3, 0.4) is 0 Å². The smallest absolute Gasteiger partial charge is 0.200 e. The van der Waals surface area contributed by atoms with Gasteiger partial charge in [-0.2, -0.15) is 0 Å². The zero-order chi connectivity index (χ0) is 12.1. The Morgan fingerprint density at radius 2 is 1.78 bits per heavy atom. The van der Waals surface area contributed by atoms with Crippen molar-refractivity contribution in [2.75, 3.05) is 5.73 Å². The lowest BCUT2D eigenvalue weighted by molar-refractivity contribution is -0.0410. The Morgan fingerprint density at radius 3 is 2.33 bits per heavy atom. The summed E-state index contributed by atoms with van der Waals surface area (Å²) in [7, 11) is 0. The summed E-state index contributed by atoms with van der Waals surface area (Å²) in [4.78, 5) is 4.11. The lowest BCUT2D eigenvalue weighted by Crippen LogP contribution is -2.45. The average molecular weight is 245 g/mol. The molecule has 0 aromatic carbocycles. The first-order valence-electron chi connectivity index (χ1n) is 7.56. The molecule has 4 saturated carbocycles. The number of nitrogens with zero attached hydrogens (tertiary/aromatic N) is 2. The molecular weight excluding hydrogens is 222 g/mol. The van der Waals surface area contributed by atoms with E-state index in [4.69, 9.17) is 5.73 Å². The second-order valence-electron chi connectivity index (χ2n) is 6.86. The Hall–Kier alpha value is -0.990. The van der Waals surface area contributed by atoms with Gasteiger partial charge in [-0.3, -0.25) is 0 Å². The van der Waals surface area contributed by atoms with Gasteiger partial charge in [0, 0.05) is 18.9 Å². The van der Waals surface area contributed by atoms with Gasteiger partial charge in [-0.25, -0.2) is 4.98 Å². The van der Waals surface area contributed by atoms with Crippen molar-refractivity contribution in [1.29, 1.82) is 0 Å². The normalized spacial score (nSPS) is 41.4. The van der Waals surface area contributed by atoms with Gasteiger partial charge in [-0.1, -0.05) is 0 Å². The van der Waals surface area contributed by atoms with Gasteiger partial charge in [0.05, 0.1) is 0 Å². The van der Waals surface area contributed by atoms with Gasteiger partial charge >= 0.3 is 0 Å². The van der Waals surface area contributed by atoms with E-state index in [0.29, 0.717) is 5.95 Å². The predicted octanol–water partition coefficient (Wildman–Crippen LogP) is 2.93. The fourth-order valence-corrected chi connectivity index (χ4v) is 5.33. The summed E-state index contributed by atoms with van der Waals surface area (Å²) < 4.78 is 2.12. The number of hydrogen-bond donors (Lipinski definition) is 1. The zero-order valence-corrected chi connectivity index (χ0v) is 11.0. The SMILES string of the molecule is Nc1nccn1CCC1C2CC3CC(C2)CC1C3. The third-order valence-electron chi connectivity index (χ3n) is 5.87. The van der Waals surface area contributed by atoms with Crippen LogP contribution in [-0.4, -0.2) is 9.55 Å². The third-order valence-corrected chi connectivity index (χ3v) is 5.87. The van der Waals surface area contributed by atoms with E-state index < -0.39 is 0 Å². The van der Waals surface area contributed by atoms with E-state index in [-0.39, 0.29) is 0 Å². The molecule has 0 radical (unpaired) electrons. The van der Waals surface area contributed by atoms with E-state index in [2.05, 4.69) is 9.55 Å². The molecule has 98 valence electrons. The molecule has 0 spiro atoms. The quantitative estimate of drug-likeness (QED) is 0.889. The van der Waals surface area contributed by atoms with E-state index in [1.165, 1.54) is 32.1 Å². The van der Waals surface area contributed by atoms with E-state index in [9.17, 15) is 0 Å². The molecule has 3 nitrogen and oxygen atoms in total. The molecule has 0 amide bonds. The summed E-state index contributed by atoms with van der Waals surface area (Å²) in [5.41, 5.74) is 5.85. The van der Waals surface area contributed by atoms with Gasteiger partial charge in [0.25, 0.3) is 0 Å². The van der Waals surface area contributed by atoms with Crippen molar-refractivity contribution in [1.82, 2.24) is 9.55 Å². The minimum atomic E-state index is 0.679. The largest absolute Gasteiger partial charge is 0.369 e. The van der Waals surface area contributed by atoms with Gasteiger partial charge in [0.15, 0.2) is 5.95 Å². The van der Waals surface area contributed by atoms with Gasteiger partial charge in [0.2, 0.25) is 0 Å². The molecule has 0 unspecified atom stereocenters. The van der Waals surface area contributed by atoms with Crippen LogP contribution >= 0.6 is 0 Å². The molecule has 18 heavy (non-hydrogen) atoms. The van der Waals surface area contributed by atoms with Gasteiger partial charge in [-0.15, -0.1) is 0 Å². The topological polar surface area (TPSA) is 43.8 Å². The maximum absolute atomic E-state index is 5.85. The Bertz CT molecular complexity index is 409. The molecule has 4 aliphatic rings. The van der Waals surface area contributed by atoms with Crippen molar-refractivity contribution >= 4 is 5.95 Å². The number of anilines is 1. The maximum Gasteiger partial charge on any atom is 0.200 e. The first-order chi connectivity index (χ1) is 8.79. The lowest BCUT2D eigenvalue weighted by Gasteiger charge is -2.54. The van der Waals surface area contributed by atoms with Crippen molar-refractivity contribution in [3.63, 3.8) is 0 Å². The predicted molar refractivity (Wildman–Crippen MR) is 71.8 cm³/mol. The van der Waals surface area contributed by atoms with Crippen LogP contribution in [0.4, 0.5) is 5.95 Å². The van der Waals surface area contributed by atoms with Crippen LogP contribution in [0.2, 0.25) is 0 Å². The summed E-state index contributed by atoms with van der Waals surface area (Å²) in [6, 6.07) is 0. The standard InChI is InChI=1S/C15H23N3/c16-15-17-2-4-18(15)3-1-14-12-6-10-5-11(8-12)9-13(14)7-10/h2,4,10-14H,1,3,5-9H2,(H2,16,17). The van der Waals surface area contributed by atoms with Crippen LogP contribution in [0.15, 0.2) is 12.4 Å². The number of nitrogens with two attached hydrogens (primary N) is 1. The van der Waals surface area contributed by atoms with Crippen LogP contribution in [0.5, 0.6) is 0 Å². The van der Waals surface area contributed by atoms with Gasteiger partial charge in [0.1, 0.15) is 0 Å². The zero-order valence-electron chi connectivity index (χ0n) is 11.0. The van der Waals surface area contributed by atoms with Crippen LogP contribution in [0, 0.1) is 29.6 Å². The lowest BCUT2D eigenvalue weighted by atomic mass is 9.51. The molecule has 1 aromatic heterocycles. The number of aromatic nitrogens is 2. The molecule has 4 fully saturated rings. The number of rotatable bonds is 3. The molecule has 0 aliphatic heterocycles. The Morgan fingerprint density at radius 1 is 1.11 bits per heavy atom. The first kappa shape index (κ1) is 10.9. The van der Waals surface area contributed by atoms with E-state index in [1.807, 2.05) is 12.4 Å². The summed E-state index contributed by atoms with van der Waals surface area (Å²) in [6.45, 7) is 1.07. The van der Waals surface area contributed by atoms with Crippen LogP contribution in [-0.2, 0) is 6.54 Å². The summed E-state index contributed by atoms with van der Waals surface area (Å²) >= 11 is 0. The molecule has 0 saturated heterocycles. The minimum Gasteiger partial charge on any atom is -0.369 e. The summed E-state index contributed by atoms with van der Waals surface area (Å²) in [5.74, 6) is 5.89. The number of hydrogen-bond acceptors (Lipinski definition) is 2. The van der Waals surface area contributed by atoms with Crippen molar-refractivity contribution < 1.29 is 0 Å². The molecule has 2 N–H and O–H groups in total. The second-order valence-corrected chi connectivity index (χ2v) is 6.86. The third kappa shape index (κ3) is 1.67. The van der Waals surface area contributed by atoms with Crippen molar-refractivity contribution in [3.8, 4) is 0 Å². The number of nitrogen functional groups attached to an aromatic ring is 1. The number of imidazole rings is 1. The molecule has 4 aliphatic carbocycles. The van der Waals surface area contributed by atoms with Crippen molar-refractivity contribution in [2.24, 2.45) is 29.6 Å². The highest BCUT2D eigenvalue weighted by molar-refractivity contribution is 5.16. The highest BCUT2D eigenvalue weighted by atomic mass is 15.1.